The summed E-state index contributed by atoms with van der Waals surface area (Å²) < 4.78 is 5.86. The van der Waals surface area contributed by atoms with Gasteiger partial charge in [0.25, 0.3) is 0 Å². The lowest BCUT2D eigenvalue weighted by Crippen LogP contribution is -2.22. The van der Waals surface area contributed by atoms with Gasteiger partial charge < -0.3 is 16.2 Å². The first-order valence-corrected chi connectivity index (χ1v) is 8.06. The topological polar surface area (TPSA) is 98.9 Å². The van der Waals surface area contributed by atoms with Crippen LogP contribution in [-0.2, 0) is 6.61 Å². The van der Waals surface area contributed by atoms with Crippen molar-refractivity contribution in [1.82, 2.24) is 4.98 Å². The van der Waals surface area contributed by atoms with Gasteiger partial charge in [-0.3, -0.25) is 4.98 Å². The van der Waals surface area contributed by atoms with Crippen LogP contribution in [0.25, 0.3) is 0 Å². The molecule has 3 aromatic rings. The summed E-state index contributed by atoms with van der Waals surface area (Å²) in [4.78, 5) is 4.09. The number of hydrogen-bond acceptors (Lipinski definition) is 4. The zero-order chi connectivity index (χ0) is 18.2. The van der Waals surface area contributed by atoms with Crippen molar-refractivity contribution < 1.29 is 4.74 Å². The van der Waals surface area contributed by atoms with Crippen LogP contribution in [0.4, 0.5) is 0 Å². The molecular weight excluding hydrogens is 326 g/mol. The summed E-state index contributed by atoms with van der Waals surface area (Å²) in [7, 11) is 0. The molecular formula is C20H19N5O. The molecule has 2 aromatic carbocycles. The molecule has 0 saturated heterocycles. The molecule has 0 aliphatic rings. The molecule has 0 amide bonds. The van der Waals surface area contributed by atoms with Gasteiger partial charge in [0.1, 0.15) is 18.1 Å². The van der Waals surface area contributed by atoms with Gasteiger partial charge in [0, 0.05) is 29.1 Å². The smallest absolute Gasteiger partial charge is 0.211 e. The summed E-state index contributed by atoms with van der Waals surface area (Å²) in [5.74, 6) is 0.627. The maximum Gasteiger partial charge on any atom is 0.211 e. The highest BCUT2D eigenvalue weighted by Crippen LogP contribution is 2.19. The van der Waals surface area contributed by atoms with E-state index in [1.165, 1.54) is 0 Å². The zero-order valence-corrected chi connectivity index (χ0v) is 14.1. The molecule has 6 heteroatoms. The average Bonchev–Trinajstić information content (AvgIpc) is 2.68. The Bertz CT molecular complexity index is 904. The summed E-state index contributed by atoms with van der Waals surface area (Å²) in [6.45, 7) is 0.434. The van der Waals surface area contributed by atoms with Gasteiger partial charge >= 0.3 is 0 Å². The van der Waals surface area contributed by atoms with Crippen molar-refractivity contribution >= 4 is 11.7 Å². The van der Waals surface area contributed by atoms with Crippen LogP contribution < -0.4 is 16.2 Å². The molecule has 0 radical (unpaired) electrons. The number of hydrogen-bond donors (Lipinski definition) is 2. The van der Waals surface area contributed by atoms with Crippen LogP contribution in [-0.4, -0.2) is 16.7 Å². The van der Waals surface area contributed by atoms with E-state index in [2.05, 4.69) is 15.2 Å². The van der Waals surface area contributed by atoms with Crippen LogP contribution in [0.1, 0.15) is 16.7 Å². The first kappa shape index (κ1) is 17.2. The van der Waals surface area contributed by atoms with Gasteiger partial charge in [-0.1, -0.05) is 48.5 Å². The van der Waals surface area contributed by atoms with E-state index in [4.69, 9.17) is 16.2 Å². The first-order valence-electron chi connectivity index (χ1n) is 8.06. The summed E-state index contributed by atoms with van der Waals surface area (Å²) in [5.41, 5.74) is 14.3. The molecule has 0 atom stereocenters. The second-order valence-corrected chi connectivity index (χ2v) is 5.52. The molecule has 6 nitrogen and oxygen atoms in total. The molecule has 0 fully saturated rings. The van der Waals surface area contributed by atoms with E-state index in [-0.39, 0.29) is 5.96 Å². The maximum absolute atomic E-state index is 5.86. The molecule has 0 aliphatic heterocycles. The minimum absolute atomic E-state index is 0.0950. The van der Waals surface area contributed by atoms with Gasteiger partial charge in [-0.2, -0.15) is 0 Å². The van der Waals surface area contributed by atoms with Gasteiger partial charge in [-0.05, 0) is 18.2 Å². The van der Waals surface area contributed by atoms with Crippen LogP contribution in [0, 0.1) is 0 Å². The predicted molar refractivity (Wildman–Crippen MR) is 103 cm³/mol. The van der Waals surface area contributed by atoms with E-state index < -0.39 is 0 Å². The number of nitrogens with two attached hydrogens (primary N) is 2. The van der Waals surface area contributed by atoms with Crippen LogP contribution in [0.5, 0.6) is 5.75 Å². The summed E-state index contributed by atoms with van der Waals surface area (Å²) in [5, 5.41) is 8.02. The Balaban J connectivity index is 1.88. The van der Waals surface area contributed by atoms with Crippen LogP contribution >= 0.6 is 0 Å². The fourth-order valence-electron chi connectivity index (χ4n) is 2.37. The second-order valence-electron chi connectivity index (χ2n) is 5.52. The molecule has 0 aliphatic carbocycles. The Morgan fingerprint density at radius 2 is 1.69 bits per heavy atom. The molecule has 1 aromatic heterocycles. The third-order valence-electron chi connectivity index (χ3n) is 3.55. The van der Waals surface area contributed by atoms with E-state index >= 15 is 0 Å². The highest BCUT2D eigenvalue weighted by molar-refractivity contribution is 6.13. The Labute approximate surface area is 151 Å². The Kier molecular flexibility index (Phi) is 5.57. The van der Waals surface area contributed by atoms with Gasteiger partial charge in [-0.25, -0.2) is 0 Å². The van der Waals surface area contributed by atoms with Crippen molar-refractivity contribution in [2.45, 2.75) is 6.61 Å². The van der Waals surface area contributed by atoms with E-state index in [9.17, 15) is 0 Å². The standard InChI is InChI=1S/C20H19N5O/c21-20(22)25-24-19(16-7-2-1-3-8-16)17-9-4-10-18(12-17)26-14-15-6-5-11-23-13-15/h1-13H,14H2,(H4,21,22,25)/b24-19+. The molecule has 0 unspecified atom stereocenters. The predicted octanol–water partition coefficient (Wildman–Crippen LogP) is 2.69. The Morgan fingerprint density at radius 3 is 2.42 bits per heavy atom. The molecule has 1 heterocycles. The Hall–Kier alpha value is -3.67. The lowest BCUT2D eigenvalue weighted by molar-refractivity contribution is 0.305. The number of ether oxygens (including phenoxy) is 1. The van der Waals surface area contributed by atoms with Gasteiger partial charge in [0.2, 0.25) is 5.96 Å². The van der Waals surface area contributed by atoms with E-state index in [1.54, 1.807) is 12.4 Å². The third kappa shape index (κ3) is 4.67. The number of benzene rings is 2. The number of aromatic nitrogens is 1. The van der Waals surface area contributed by atoms with Crippen molar-refractivity contribution in [2.24, 2.45) is 21.7 Å². The van der Waals surface area contributed by atoms with Crippen molar-refractivity contribution in [3.63, 3.8) is 0 Å². The molecule has 130 valence electrons. The molecule has 0 spiro atoms. The van der Waals surface area contributed by atoms with Crippen LogP contribution in [0.15, 0.2) is 89.3 Å². The highest BCUT2D eigenvalue weighted by Gasteiger charge is 2.08. The van der Waals surface area contributed by atoms with Gasteiger partial charge in [0.15, 0.2) is 0 Å². The number of pyridine rings is 1. The van der Waals surface area contributed by atoms with Crippen molar-refractivity contribution in [3.8, 4) is 5.75 Å². The number of guanidine groups is 1. The molecule has 0 bridgehead atoms. The fraction of sp³-hybridized carbons (Fsp3) is 0.0500. The van der Waals surface area contributed by atoms with E-state index in [0.29, 0.717) is 12.3 Å². The third-order valence-corrected chi connectivity index (χ3v) is 3.55. The van der Waals surface area contributed by atoms with Gasteiger partial charge in [-0.15, -0.1) is 10.2 Å². The first-order chi connectivity index (χ1) is 12.7. The molecule has 4 N–H and O–H groups in total. The summed E-state index contributed by atoms with van der Waals surface area (Å²) >= 11 is 0. The second kappa shape index (κ2) is 8.43. The molecule has 0 saturated carbocycles. The monoisotopic (exact) mass is 345 g/mol. The van der Waals surface area contributed by atoms with E-state index in [0.717, 1.165) is 22.4 Å². The largest absolute Gasteiger partial charge is 0.489 e. The minimum atomic E-state index is -0.0950. The van der Waals surface area contributed by atoms with E-state index in [1.807, 2.05) is 66.7 Å². The van der Waals surface area contributed by atoms with Crippen molar-refractivity contribution in [1.29, 1.82) is 0 Å². The molecule has 3 rings (SSSR count). The average molecular weight is 345 g/mol. The van der Waals surface area contributed by atoms with Crippen LogP contribution in [0.3, 0.4) is 0 Å². The highest BCUT2D eigenvalue weighted by atomic mass is 16.5. The zero-order valence-electron chi connectivity index (χ0n) is 14.1. The lowest BCUT2D eigenvalue weighted by atomic mass is 10.0. The maximum atomic E-state index is 5.86. The van der Waals surface area contributed by atoms with Gasteiger partial charge in [0.05, 0.1) is 0 Å². The number of nitrogens with zero attached hydrogens (tertiary/aromatic N) is 3. The normalized spacial score (nSPS) is 11.0. The Morgan fingerprint density at radius 1 is 0.885 bits per heavy atom. The fourth-order valence-corrected chi connectivity index (χ4v) is 2.37. The number of rotatable bonds is 6. The van der Waals surface area contributed by atoms with Crippen LogP contribution in [0.2, 0.25) is 0 Å². The molecule has 26 heavy (non-hydrogen) atoms. The lowest BCUT2D eigenvalue weighted by Gasteiger charge is -2.10. The SMILES string of the molecule is NC(N)=N/N=C(\c1ccccc1)c1cccc(OCc2cccnc2)c1. The van der Waals surface area contributed by atoms with Crippen molar-refractivity contribution in [3.05, 3.63) is 95.8 Å². The minimum Gasteiger partial charge on any atom is -0.489 e. The van der Waals surface area contributed by atoms with Crippen molar-refractivity contribution in [2.75, 3.05) is 0 Å². The summed E-state index contributed by atoms with van der Waals surface area (Å²) in [6, 6.07) is 21.2. The summed E-state index contributed by atoms with van der Waals surface area (Å²) in [6.07, 6.45) is 3.51. The quantitative estimate of drug-likeness (QED) is 0.407.